The number of sulfonamides is 1. The standard InChI is InChI=1S/C20H17N5O3S2/c1-30(27,28)24-15-9-7-14(8-10-15)17-12-29-20(22-17)23-19(26)18-11-21-13-25(18)16-5-3-2-4-6-16/h2-13,24H,1H3,(H,22,23,26). The van der Waals surface area contributed by atoms with Crippen molar-refractivity contribution < 1.29 is 13.2 Å². The van der Waals surface area contributed by atoms with Gasteiger partial charge in [0, 0.05) is 22.3 Å². The Balaban J connectivity index is 1.49. The lowest BCUT2D eigenvalue weighted by molar-refractivity contribution is 0.102. The first-order chi connectivity index (χ1) is 14.4. The Kier molecular flexibility index (Phi) is 5.34. The molecule has 152 valence electrons. The number of imidazole rings is 1. The Morgan fingerprint density at radius 3 is 2.50 bits per heavy atom. The van der Waals surface area contributed by atoms with Gasteiger partial charge in [0.15, 0.2) is 5.13 Å². The number of para-hydroxylation sites is 1. The summed E-state index contributed by atoms with van der Waals surface area (Å²) in [6.45, 7) is 0. The molecule has 2 aromatic heterocycles. The van der Waals surface area contributed by atoms with Crippen LogP contribution in [0.15, 0.2) is 72.5 Å². The van der Waals surface area contributed by atoms with Crippen molar-refractivity contribution >= 4 is 38.1 Å². The van der Waals surface area contributed by atoms with Crippen LogP contribution in [0.3, 0.4) is 0 Å². The van der Waals surface area contributed by atoms with Crippen LogP contribution in [0.1, 0.15) is 10.5 Å². The number of amides is 1. The molecule has 2 aromatic carbocycles. The first-order valence-electron chi connectivity index (χ1n) is 8.82. The molecule has 2 heterocycles. The zero-order valence-corrected chi connectivity index (χ0v) is 17.4. The molecule has 0 atom stereocenters. The average molecular weight is 440 g/mol. The molecule has 8 nitrogen and oxygen atoms in total. The quantitative estimate of drug-likeness (QED) is 0.477. The Labute approximate surface area is 177 Å². The number of carbonyl (C=O) groups excluding carboxylic acids is 1. The maximum absolute atomic E-state index is 12.7. The third-order valence-corrected chi connectivity index (χ3v) is 5.48. The van der Waals surface area contributed by atoms with E-state index in [9.17, 15) is 13.2 Å². The molecule has 1 amide bonds. The van der Waals surface area contributed by atoms with Gasteiger partial charge >= 0.3 is 0 Å². The van der Waals surface area contributed by atoms with E-state index in [0.29, 0.717) is 22.2 Å². The molecule has 0 spiro atoms. The lowest BCUT2D eigenvalue weighted by Gasteiger charge is -2.07. The number of rotatable bonds is 6. The summed E-state index contributed by atoms with van der Waals surface area (Å²) in [4.78, 5) is 21.3. The Morgan fingerprint density at radius 2 is 1.80 bits per heavy atom. The lowest BCUT2D eigenvalue weighted by atomic mass is 10.1. The van der Waals surface area contributed by atoms with Crippen molar-refractivity contribution in [1.82, 2.24) is 14.5 Å². The van der Waals surface area contributed by atoms with Gasteiger partial charge in [-0.2, -0.15) is 0 Å². The number of nitrogens with one attached hydrogen (secondary N) is 2. The Hall–Kier alpha value is -3.50. The molecule has 0 aliphatic carbocycles. The van der Waals surface area contributed by atoms with Crippen LogP contribution in [0.25, 0.3) is 16.9 Å². The molecule has 0 radical (unpaired) electrons. The summed E-state index contributed by atoms with van der Waals surface area (Å²) < 4.78 is 26.7. The summed E-state index contributed by atoms with van der Waals surface area (Å²) in [7, 11) is -3.33. The SMILES string of the molecule is CS(=O)(=O)Nc1ccc(-c2csc(NC(=O)c3cncn3-c3ccccc3)n2)cc1. The van der Waals surface area contributed by atoms with Gasteiger partial charge in [-0.05, 0) is 24.3 Å². The number of thiazole rings is 1. The number of aromatic nitrogens is 3. The number of carbonyl (C=O) groups is 1. The minimum atomic E-state index is -3.33. The third kappa shape index (κ3) is 4.56. The predicted molar refractivity (Wildman–Crippen MR) is 118 cm³/mol. The molecule has 0 saturated heterocycles. The maximum atomic E-state index is 12.7. The molecule has 0 saturated carbocycles. The molecule has 30 heavy (non-hydrogen) atoms. The monoisotopic (exact) mass is 439 g/mol. The molecule has 4 aromatic rings. The first-order valence-corrected chi connectivity index (χ1v) is 11.6. The van der Waals surface area contributed by atoms with Crippen molar-refractivity contribution in [2.24, 2.45) is 0 Å². The van der Waals surface area contributed by atoms with Crippen molar-refractivity contribution in [1.29, 1.82) is 0 Å². The van der Waals surface area contributed by atoms with Crippen LogP contribution in [0.4, 0.5) is 10.8 Å². The summed E-state index contributed by atoms with van der Waals surface area (Å²) in [5.41, 5.74) is 3.19. The van der Waals surface area contributed by atoms with Crippen LogP contribution in [0, 0.1) is 0 Å². The van der Waals surface area contributed by atoms with Gasteiger partial charge in [0.1, 0.15) is 5.69 Å². The van der Waals surface area contributed by atoms with E-state index >= 15 is 0 Å². The summed E-state index contributed by atoms with van der Waals surface area (Å²) in [5.74, 6) is -0.315. The number of anilines is 2. The van der Waals surface area contributed by atoms with Crippen molar-refractivity contribution in [3.63, 3.8) is 0 Å². The van der Waals surface area contributed by atoms with E-state index in [4.69, 9.17) is 0 Å². The summed E-state index contributed by atoms with van der Waals surface area (Å²) in [5, 5.41) is 5.08. The molecular formula is C20H17N5O3S2. The van der Waals surface area contributed by atoms with Crippen LogP contribution in [0.2, 0.25) is 0 Å². The summed E-state index contributed by atoms with van der Waals surface area (Å²) in [6, 6.07) is 16.3. The number of hydrogen-bond acceptors (Lipinski definition) is 6. The summed E-state index contributed by atoms with van der Waals surface area (Å²) >= 11 is 1.30. The Morgan fingerprint density at radius 1 is 1.07 bits per heavy atom. The van der Waals surface area contributed by atoms with E-state index in [0.717, 1.165) is 17.5 Å². The molecule has 0 fully saturated rings. The second-order valence-corrected chi connectivity index (χ2v) is 9.03. The number of benzene rings is 2. The van der Waals surface area contributed by atoms with Crippen molar-refractivity contribution in [3.05, 3.63) is 78.2 Å². The van der Waals surface area contributed by atoms with Crippen LogP contribution < -0.4 is 10.0 Å². The van der Waals surface area contributed by atoms with Gasteiger partial charge in [-0.3, -0.25) is 19.4 Å². The molecule has 2 N–H and O–H groups in total. The lowest BCUT2D eigenvalue weighted by Crippen LogP contribution is -2.15. The molecule has 10 heteroatoms. The van der Waals surface area contributed by atoms with Gasteiger partial charge in [0.05, 0.1) is 24.5 Å². The van der Waals surface area contributed by atoms with Crippen LogP contribution >= 0.6 is 11.3 Å². The predicted octanol–water partition coefficient (Wildman–Crippen LogP) is 3.62. The van der Waals surface area contributed by atoms with Crippen LogP contribution in [-0.2, 0) is 10.0 Å². The molecule has 0 bridgehead atoms. The van der Waals surface area contributed by atoms with Crippen molar-refractivity contribution in [2.45, 2.75) is 0 Å². The topological polar surface area (TPSA) is 106 Å². The zero-order chi connectivity index (χ0) is 21.1. The van der Waals surface area contributed by atoms with Gasteiger partial charge in [-0.15, -0.1) is 11.3 Å². The molecule has 0 aliphatic rings. The highest BCUT2D eigenvalue weighted by molar-refractivity contribution is 7.92. The van der Waals surface area contributed by atoms with Crippen LogP contribution in [0.5, 0.6) is 0 Å². The largest absolute Gasteiger partial charge is 0.296 e. The minimum Gasteiger partial charge on any atom is -0.296 e. The fourth-order valence-electron chi connectivity index (χ4n) is 2.81. The fourth-order valence-corrected chi connectivity index (χ4v) is 4.08. The minimum absolute atomic E-state index is 0.315. The van der Waals surface area contributed by atoms with Crippen molar-refractivity contribution in [3.8, 4) is 16.9 Å². The van der Waals surface area contributed by atoms with E-state index in [1.165, 1.54) is 17.5 Å². The fraction of sp³-hybridized carbons (Fsp3) is 0.0500. The van der Waals surface area contributed by atoms with Gasteiger partial charge < -0.3 is 0 Å². The number of hydrogen-bond donors (Lipinski definition) is 2. The highest BCUT2D eigenvalue weighted by Crippen LogP contribution is 2.26. The zero-order valence-electron chi connectivity index (χ0n) is 15.8. The van der Waals surface area contributed by atoms with E-state index < -0.39 is 10.0 Å². The first kappa shape index (κ1) is 19.8. The van der Waals surface area contributed by atoms with E-state index in [1.807, 2.05) is 35.7 Å². The molecular weight excluding hydrogens is 422 g/mol. The van der Waals surface area contributed by atoms with Gasteiger partial charge in [-0.1, -0.05) is 30.3 Å². The highest BCUT2D eigenvalue weighted by atomic mass is 32.2. The highest BCUT2D eigenvalue weighted by Gasteiger charge is 2.15. The molecule has 0 unspecified atom stereocenters. The second kappa shape index (κ2) is 8.09. The maximum Gasteiger partial charge on any atom is 0.276 e. The van der Waals surface area contributed by atoms with Gasteiger partial charge in [0.2, 0.25) is 10.0 Å². The summed E-state index contributed by atoms with van der Waals surface area (Å²) in [6.07, 6.45) is 4.19. The van der Waals surface area contributed by atoms with Crippen LogP contribution in [-0.4, -0.2) is 35.1 Å². The second-order valence-electron chi connectivity index (χ2n) is 6.43. The van der Waals surface area contributed by atoms with E-state index in [-0.39, 0.29) is 5.91 Å². The van der Waals surface area contributed by atoms with Gasteiger partial charge in [0.25, 0.3) is 5.91 Å². The normalized spacial score (nSPS) is 11.2. The van der Waals surface area contributed by atoms with Crippen molar-refractivity contribution in [2.75, 3.05) is 16.3 Å². The van der Waals surface area contributed by atoms with E-state index in [1.54, 1.807) is 35.2 Å². The van der Waals surface area contributed by atoms with E-state index in [2.05, 4.69) is 20.0 Å². The average Bonchev–Trinajstić information content (AvgIpc) is 3.38. The van der Waals surface area contributed by atoms with Gasteiger partial charge in [-0.25, -0.2) is 18.4 Å². The Bertz CT molecular complexity index is 1280. The number of nitrogens with zero attached hydrogens (tertiary/aromatic N) is 3. The molecule has 0 aliphatic heterocycles. The third-order valence-electron chi connectivity index (χ3n) is 4.11. The smallest absolute Gasteiger partial charge is 0.276 e. The molecule has 4 rings (SSSR count).